The molecule has 2 aromatic rings. The van der Waals surface area contributed by atoms with Crippen molar-refractivity contribution < 1.29 is 4.39 Å². The largest absolute Gasteiger partial charge is 0.373 e. The van der Waals surface area contributed by atoms with Gasteiger partial charge in [-0.2, -0.15) is 0 Å². The first-order valence-corrected chi connectivity index (χ1v) is 5.45. The SMILES string of the molecule is CNc1cc(C)nc(Cc2ccccc2F)n1. The summed E-state index contributed by atoms with van der Waals surface area (Å²) in [6.07, 6.45) is 0.406. The third-order valence-electron chi connectivity index (χ3n) is 2.46. The van der Waals surface area contributed by atoms with Gasteiger partial charge < -0.3 is 5.32 Å². The van der Waals surface area contributed by atoms with Gasteiger partial charge in [0.15, 0.2) is 0 Å². The van der Waals surface area contributed by atoms with Crippen LogP contribution >= 0.6 is 0 Å². The minimum atomic E-state index is -0.219. The van der Waals surface area contributed by atoms with Gasteiger partial charge in [-0.25, -0.2) is 14.4 Å². The first kappa shape index (κ1) is 11.5. The van der Waals surface area contributed by atoms with Gasteiger partial charge in [-0.15, -0.1) is 0 Å². The second kappa shape index (κ2) is 4.91. The van der Waals surface area contributed by atoms with Gasteiger partial charge in [0, 0.05) is 25.2 Å². The second-order valence-corrected chi connectivity index (χ2v) is 3.83. The monoisotopic (exact) mass is 231 g/mol. The highest BCUT2D eigenvalue weighted by Crippen LogP contribution is 2.12. The molecule has 1 aromatic heterocycles. The van der Waals surface area contributed by atoms with Gasteiger partial charge in [-0.05, 0) is 18.6 Å². The fourth-order valence-corrected chi connectivity index (χ4v) is 1.65. The van der Waals surface area contributed by atoms with Gasteiger partial charge in [-0.1, -0.05) is 18.2 Å². The number of nitrogens with one attached hydrogen (secondary N) is 1. The van der Waals surface area contributed by atoms with E-state index in [1.807, 2.05) is 19.1 Å². The number of hydrogen-bond acceptors (Lipinski definition) is 3. The van der Waals surface area contributed by atoms with E-state index < -0.39 is 0 Å². The van der Waals surface area contributed by atoms with Crippen LogP contribution < -0.4 is 5.32 Å². The Hall–Kier alpha value is -1.97. The van der Waals surface area contributed by atoms with Crippen LogP contribution in [0.3, 0.4) is 0 Å². The number of halogens is 1. The van der Waals surface area contributed by atoms with Gasteiger partial charge in [0.25, 0.3) is 0 Å². The summed E-state index contributed by atoms with van der Waals surface area (Å²) in [5, 5.41) is 2.96. The van der Waals surface area contributed by atoms with Crippen LogP contribution in [0, 0.1) is 12.7 Å². The van der Waals surface area contributed by atoms with Gasteiger partial charge in [0.1, 0.15) is 17.5 Å². The van der Waals surface area contributed by atoms with Crippen LogP contribution in [0.25, 0.3) is 0 Å². The molecule has 0 saturated heterocycles. The van der Waals surface area contributed by atoms with Crippen molar-refractivity contribution in [2.45, 2.75) is 13.3 Å². The van der Waals surface area contributed by atoms with E-state index in [-0.39, 0.29) is 5.82 Å². The molecule has 0 bridgehead atoms. The maximum Gasteiger partial charge on any atom is 0.135 e. The summed E-state index contributed by atoms with van der Waals surface area (Å²) in [5.41, 5.74) is 1.48. The van der Waals surface area contributed by atoms with Crippen molar-refractivity contribution in [2.75, 3.05) is 12.4 Å². The summed E-state index contributed by atoms with van der Waals surface area (Å²) < 4.78 is 13.5. The molecule has 2 rings (SSSR count). The lowest BCUT2D eigenvalue weighted by Gasteiger charge is -2.06. The molecule has 0 aliphatic rings. The van der Waals surface area contributed by atoms with E-state index in [2.05, 4.69) is 15.3 Å². The number of benzene rings is 1. The van der Waals surface area contributed by atoms with Crippen LogP contribution in [-0.2, 0) is 6.42 Å². The van der Waals surface area contributed by atoms with Crippen LogP contribution in [0.15, 0.2) is 30.3 Å². The highest BCUT2D eigenvalue weighted by molar-refractivity contribution is 5.35. The van der Waals surface area contributed by atoms with E-state index in [0.29, 0.717) is 17.8 Å². The molecule has 0 aliphatic carbocycles. The standard InChI is InChI=1S/C13H14FN3/c1-9-7-12(15-2)17-13(16-9)8-10-5-3-4-6-11(10)14/h3-7H,8H2,1-2H3,(H,15,16,17). The number of nitrogens with zero attached hydrogens (tertiary/aromatic N) is 2. The van der Waals surface area contributed by atoms with Crippen LogP contribution in [-0.4, -0.2) is 17.0 Å². The molecule has 1 aromatic carbocycles. The lowest BCUT2D eigenvalue weighted by molar-refractivity contribution is 0.612. The van der Waals surface area contributed by atoms with Gasteiger partial charge in [-0.3, -0.25) is 0 Å². The Morgan fingerprint density at radius 3 is 2.71 bits per heavy atom. The van der Waals surface area contributed by atoms with Crippen LogP contribution in [0.1, 0.15) is 17.1 Å². The molecule has 1 heterocycles. The first-order valence-electron chi connectivity index (χ1n) is 5.45. The minimum Gasteiger partial charge on any atom is -0.373 e. The molecule has 1 N–H and O–H groups in total. The van der Waals surface area contributed by atoms with E-state index in [4.69, 9.17) is 0 Å². The molecule has 0 amide bonds. The van der Waals surface area contributed by atoms with Gasteiger partial charge in [0.05, 0.1) is 0 Å². The molecule has 0 spiro atoms. The lowest BCUT2D eigenvalue weighted by Crippen LogP contribution is -2.03. The summed E-state index contributed by atoms with van der Waals surface area (Å²) in [6, 6.07) is 8.54. The van der Waals surface area contributed by atoms with Crippen LogP contribution in [0.5, 0.6) is 0 Å². The molecular weight excluding hydrogens is 217 g/mol. The van der Waals surface area contributed by atoms with E-state index in [0.717, 1.165) is 11.5 Å². The molecule has 0 saturated carbocycles. The normalized spacial score (nSPS) is 10.3. The van der Waals surface area contributed by atoms with E-state index >= 15 is 0 Å². The maximum atomic E-state index is 13.5. The molecule has 3 nitrogen and oxygen atoms in total. The lowest BCUT2D eigenvalue weighted by atomic mass is 10.1. The molecule has 4 heteroatoms. The molecule has 88 valence electrons. The summed E-state index contributed by atoms with van der Waals surface area (Å²) in [7, 11) is 1.80. The number of aryl methyl sites for hydroxylation is 1. The van der Waals surface area contributed by atoms with Gasteiger partial charge in [0.2, 0.25) is 0 Å². The van der Waals surface area contributed by atoms with Crippen molar-refractivity contribution in [1.82, 2.24) is 9.97 Å². The molecule has 17 heavy (non-hydrogen) atoms. The second-order valence-electron chi connectivity index (χ2n) is 3.83. The Morgan fingerprint density at radius 1 is 1.24 bits per heavy atom. The Balaban J connectivity index is 2.30. The minimum absolute atomic E-state index is 0.219. The fraction of sp³-hybridized carbons (Fsp3) is 0.231. The van der Waals surface area contributed by atoms with Crippen molar-refractivity contribution in [3.8, 4) is 0 Å². The summed E-state index contributed by atoms with van der Waals surface area (Å²) in [6.45, 7) is 1.90. The fourth-order valence-electron chi connectivity index (χ4n) is 1.65. The van der Waals surface area contributed by atoms with Crippen LogP contribution in [0.4, 0.5) is 10.2 Å². The third-order valence-corrected chi connectivity index (χ3v) is 2.46. The first-order chi connectivity index (χ1) is 8.19. The Morgan fingerprint density at radius 2 is 2.00 bits per heavy atom. The number of rotatable bonds is 3. The zero-order valence-corrected chi connectivity index (χ0v) is 9.87. The Labute approximate surface area is 99.7 Å². The average molecular weight is 231 g/mol. The van der Waals surface area contributed by atoms with E-state index in [1.54, 1.807) is 19.2 Å². The number of anilines is 1. The molecule has 0 fully saturated rings. The van der Waals surface area contributed by atoms with Crippen molar-refractivity contribution in [3.05, 3.63) is 53.2 Å². The van der Waals surface area contributed by atoms with Gasteiger partial charge >= 0.3 is 0 Å². The maximum absolute atomic E-state index is 13.5. The average Bonchev–Trinajstić information content (AvgIpc) is 2.31. The van der Waals surface area contributed by atoms with Crippen molar-refractivity contribution in [1.29, 1.82) is 0 Å². The molecule has 0 radical (unpaired) electrons. The van der Waals surface area contributed by atoms with Crippen molar-refractivity contribution >= 4 is 5.82 Å². The highest BCUT2D eigenvalue weighted by Gasteiger charge is 2.06. The predicted octanol–water partition coefficient (Wildman–Crippen LogP) is 2.56. The predicted molar refractivity (Wildman–Crippen MR) is 65.5 cm³/mol. The molecular formula is C13H14FN3. The van der Waals surface area contributed by atoms with Crippen molar-refractivity contribution in [2.24, 2.45) is 0 Å². The third kappa shape index (κ3) is 2.78. The summed E-state index contributed by atoms with van der Waals surface area (Å²) in [5.74, 6) is 1.16. The summed E-state index contributed by atoms with van der Waals surface area (Å²) in [4.78, 5) is 8.60. The topological polar surface area (TPSA) is 37.8 Å². The highest BCUT2D eigenvalue weighted by atomic mass is 19.1. The summed E-state index contributed by atoms with van der Waals surface area (Å²) >= 11 is 0. The molecule has 0 unspecified atom stereocenters. The zero-order chi connectivity index (χ0) is 12.3. The Kier molecular flexibility index (Phi) is 3.32. The Bertz CT molecular complexity index is 526. The van der Waals surface area contributed by atoms with E-state index in [9.17, 15) is 4.39 Å². The number of aromatic nitrogens is 2. The quantitative estimate of drug-likeness (QED) is 0.882. The molecule has 0 atom stereocenters. The van der Waals surface area contributed by atoms with Crippen molar-refractivity contribution in [3.63, 3.8) is 0 Å². The number of hydrogen-bond donors (Lipinski definition) is 1. The smallest absolute Gasteiger partial charge is 0.135 e. The molecule has 0 aliphatic heterocycles. The van der Waals surface area contributed by atoms with Crippen LogP contribution in [0.2, 0.25) is 0 Å². The van der Waals surface area contributed by atoms with E-state index in [1.165, 1.54) is 6.07 Å². The zero-order valence-electron chi connectivity index (χ0n) is 9.87.